The second-order valence-electron chi connectivity index (χ2n) is 12.6. The van der Waals surface area contributed by atoms with E-state index in [9.17, 15) is 42.7 Å². The molecule has 0 bridgehead atoms. The summed E-state index contributed by atoms with van der Waals surface area (Å²) >= 11 is 0. The van der Waals surface area contributed by atoms with Gasteiger partial charge in [-0.05, 0) is 67.6 Å². The van der Waals surface area contributed by atoms with E-state index < -0.39 is 65.7 Å². The molecule has 4 aromatic rings. The third-order valence-corrected chi connectivity index (χ3v) is 8.75. The maximum Gasteiger partial charge on any atom is 0.326 e. The van der Waals surface area contributed by atoms with Crippen molar-refractivity contribution in [1.82, 2.24) is 21.0 Å². The molecule has 0 aliphatic rings. The second-order valence-corrected chi connectivity index (χ2v) is 12.6. The Labute approximate surface area is 325 Å². The third-order valence-electron chi connectivity index (χ3n) is 8.75. The quantitative estimate of drug-likeness (QED) is 0.0418. The first-order valence-corrected chi connectivity index (χ1v) is 17.9. The molecule has 0 aliphatic heterocycles. The number of ether oxygens (including phenoxy) is 1. The summed E-state index contributed by atoms with van der Waals surface area (Å²) in [4.78, 5) is 80.1. The molecular formula is C40H42F2N4O11. The van der Waals surface area contributed by atoms with Gasteiger partial charge in [0.2, 0.25) is 12.3 Å². The van der Waals surface area contributed by atoms with Crippen molar-refractivity contribution in [3.05, 3.63) is 113 Å². The van der Waals surface area contributed by atoms with Gasteiger partial charge in [-0.25, -0.2) is 18.6 Å². The number of nitrogens with one attached hydrogen (secondary N) is 3. The Bertz CT molecular complexity index is 2040. The number of carbonyl (C=O) groups excluding carboxylic acids is 4. The van der Waals surface area contributed by atoms with Crippen LogP contribution in [0.1, 0.15) is 65.1 Å². The highest BCUT2D eigenvalue weighted by Crippen LogP contribution is 2.29. The zero-order valence-corrected chi connectivity index (χ0v) is 31.0. The molecule has 0 aliphatic carbocycles. The van der Waals surface area contributed by atoms with Crippen LogP contribution in [0.3, 0.4) is 0 Å². The van der Waals surface area contributed by atoms with Crippen molar-refractivity contribution < 1.29 is 61.8 Å². The first-order chi connectivity index (χ1) is 27.3. The van der Waals surface area contributed by atoms with Crippen molar-refractivity contribution in [3.8, 4) is 17.1 Å². The van der Waals surface area contributed by atoms with Crippen molar-refractivity contribution in [2.75, 3.05) is 13.3 Å². The number of amides is 4. The fourth-order valence-corrected chi connectivity index (χ4v) is 5.90. The molecule has 3 aromatic carbocycles. The van der Waals surface area contributed by atoms with Crippen LogP contribution in [-0.4, -0.2) is 76.7 Å². The Kier molecular flexibility index (Phi) is 15.8. The molecule has 0 saturated heterocycles. The van der Waals surface area contributed by atoms with Gasteiger partial charge in [0.15, 0.2) is 5.76 Å². The predicted molar refractivity (Wildman–Crippen MR) is 198 cm³/mol. The van der Waals surface area contributed by atoms with E-state index in [2.05, 4.69) is 16.0 Å². The number of hydroxylamine groups is 2. The van der Waals surface area contributed by atoms with Crippen LogP contribution in [-0.2, 0) is 37.0 Å². The number of aryl methyl sites for hydroxylation is 1. The highest BCUT2D eigenvalue weighted by atomic mass is 19.1. The summed E-state index contributed by atoms with van der Waals surface area (Å²) in [6.45, 7) is 3.19. The van der Waals surface area contributed by atoms with Gasteiger partial charge < -0.3 is 35.3 Å². The molecule has 5 N–H and O–H groups in total. The van der Waals surface area contributed by atoms with Gasteiger partial charge in [0.05, 0.1) is 37.2 Å². The minimum absolute atomic E-state index is 0.0256. The van der Waals surface area contributed by atoms with Crippen molar-refractivity contribution in [2.45, 2.75) is 58.2 Å². The van der Waals surface area contributed by atoms with E-state index in [-0.39, 0.29) is 67.5 Å². The van der Waals surface area contributed by atoms with Gasteiger partial charge >= 0.3 is 11.9 Å². The SMILES string of the molecule is CCOc1cc(-c2ccc(C(=O)NCNC(=O)[C@H](CCc3ccc(F)cc3F)[C@@H](CC)N(C=O)OCc3ccccc3)o2)ccc1C(=O)NC(CC(=O)O)C(=O)O. The molecule has 4 amide bonds. The smallest absolute Gasteiger partial charge is 0.326 e. The maximum atomic E-state index is 14.5. The largest absolute Gasteiger partial charge is 0.493 e. The van der Waals surface area contributed by atoms with Gasteiger partial charge in [-0.3, -0.25) is 28.8 Å². The van der Waals surface area contributed by atoms with Crippen molar-refractivity contribution in [1.29, 1.82) is 0 Å². The molecule has 302 valence electrons. The first kappa shape index (κ1) is 43.1. The fraction of sp³-hybridized carbons (Fsp3) is 0.300. The number of halogens is 2. The van der Waals surface area contributed by atoms with Crippen LogP contribution in [0.25, 0.3) is 11.3 Å². The lowest BCUT2D eigenvalue weighted by molar-refractivity contribution is -0.200. The number of furan rings is 1. The molecule has 1 heterocycles. The summed E-state index contributed by atoms with van der Waals surface area (Å²) in [5, 5.41) is 26.7. The number of benzene rings is 3. The molecule has 0 saturated carbocycles. The summed E-state index contributed by atoms with van der Waals surface area (Å²) in [7, 11) is 0. The molecule has 3 atom stereocenters. The molecule has 17 heteroatoms. The Balaban J connectivity index is 1.44. The van der Waals surface area contributed by atoms with E-state index in [1.54, 1.807) is 38.1 Å². The zero-order chi connectivity index (χ0) is 41.5. The van der Waals surface area contributed by atoms with Crippen LogP contribution in [0.15, 0.2) is 83.3 Å². The molecule has 0 radical (unpaired) electrons. The summed E-state index contributed by atoms with van der Waals surface area (Å²) < 4.78 is 39.4. The van der Waals surface area contributed by atoms with Crippen LogP contribution in [0.2, 0.25) is 0 Å². The zero-order valence-electron chi connectivity index (χ0n) is 31.0. The molecule has 0 spiro atoms. The van der Waals surface area contributed by atoms with Crippen LogP contribution in [0.4, 0.5) is 8.78 Å². The maximum absolute atomic E-state index is 14.5. The number of hydrogen-bond acceptors (Lipinski definition) is 9. The predicted octanol–water partition coefficient (Wildman–Crippen LogP) is 4.70. The first-order valence-electron chi connectivity index (χ1n) is 17.9. The minimum atomic E-state index is -1.69. The molecule has 4 rings (SSSR count). The van der Waals surface area contributed by atoms with E-state index in [0.29, 0.717) is 12.0 Å². The van der Waals surface area contributed by atoms with E-state index in [1.165, 1.54) is 36.4 Å². The van der Waals surface area contributed by atoms with Crippen LogP contribution < -0.4 is 20.7 Å². The lowest BCUT2D eigenvalue weighted by Gasteiger charge is -2.32. The van der Waals surface area contributed by atoms with Gasteiger partial charge in [0, 0.05) is 11.6 Å². The Morgan fingerprint density at radius 1 is 0.912 bits per heavy atom. The van der Waals surface area contributed by atoms with Gasteiger partial charge in [0.1, 0.15) is 35.8 Å². The molecule has 15 nitrogen and oxygen atoms in total. The van der Waals surface area contributed by atoms with E-state index >= 15 is 0 Å². The Hall–Kier alpha value is -6.62. The number of carboxylic acids is 2. The van der Waals surface area contributed by atoms with E-state index in [4.69, 9.17) is 19.1 Å². The van der Waals surface area contributed by atoms with Crippen LogP contribution in [0.5, 0.6) is 5.75 Å². The molecule has 57 heavy (non-hydrogen) atoms. The van der Waals surface area contributed by atoms with Gasteiger partial charge in [-0.1, -0.05) is 49.4 Å². The topological polar surface area (TPSA) is 214 Å². The Morgan fingerprint density at radius 3 is 2.32 bits per heavy atom. The number of hydrogen-bond donors (Lipinski definition) is 5. The molecule has 0 fully saturated rings. The Morgan fingerprint density at radius 2 is 1.67 bits per heavy atom. The van der Waals surface area contributed by atoms with Crippen LogP contribution in [0, 0.1) is 17.6 Å². The van der Waals surface area contributed by atoms with E-state index in [0.717, 1.165) is 22.8 Å². The summed E-state index contributed by atoms with van der Waals surface area (Å²) in [6.07, 6.45) is -0.0518. The number of carboxylic acid groups (broad SMARTS) is 2. The lowest BCUT2D eigenvalue weighted by Crippen LogP contribution is -2.48. The fourth-order valence-electron chi connectivity index (χ4n) is 5.90. The van der Waals surface area contributed by atoms with Gasteiger partial charge in [-0.15, -0.1) is 0 Å². The van der Waals surface area contributed by atoms with Gasteiger partial charge in [-0.2, -0.15) is 0 Å². The summed E-state index contributed by atoms with van der Waals surface area (Å²) in [5.41, 5.74) is 1.26. The van der Waals surface area contributed by atoms with Crippen molar-refractivity contribution >= 4 is 36.1 Å². The highest BCUT2D eigenvalue weighted by molar-refractivity contribution is 6.00. The number of carbonyl (C=O) groups is 6. The number of nitrogens with zero attached hydrogens (tertiary/aromatic N) is 1. The highest BCUT2D eigenvalue weighted by Gasteiger charge is 2.33. The molecular weight excluding hydrogens is 750 g/mol. The normalized spacial score (nSPS) is 12.4. The van der Waals surface area contributed by atoms with Crippen LogP contribution >= 0.6 is 0 Å². The average Bonchev–Trinajstić information content (AvgIpc) is 3.69. The third kappa shape index (κ3) is 12.2. The lowest BCUT2D eigenvalue weighted by atomic mass is 9.89. The monoisotopic (exact) mass is 792 g/mol. The average molecular weight is 793 g/mol. The standard InChI is InChI=1S/C40H42F2N4O11/c1-3-32(46(23-47)56-21-24-8-6-5-7-9-24)28(14-11-25-10-13-27(41)19-30(25)42)37(50)43-22-44-39(52)34-17-16-33(57-34)26-12-15-29(35(18-26)55-4-2)38(51)45-31(40(53)54)20-36(48)49/h5-10,12-13,15-19,23,28,31-32H,3-4,11,14,20-22H2,1-2H3,(H,43,50)(H,44,52)(H,45,51)(H,48,49)(H,53,54)/t28-,31?,32-/m1/s1. The van der Waals surface area contributed by atoms with E-state index in [1.807, 2.05) is 6.07 Å². The summed E-state index contributed by atoms with van der Waals surface area (Å²) in [5.74, 6) is -7.52. The van der Waals surface area contributed by atoms with Crippen molar-refractivity contribution in [3.63, 3.8) is 0 Å². The van der Waals surface area contributed by atoms with Gasteiger partial charge in [0.25, 0.3) is 11.8 Å². The minimum Gasteiger partial charge on any atom is -0.493 e. The molecule has 1 aromatic heterocycles. The number of rotatable bonds is 22. The number of aliphatic carboxylic acids is 2. The molecule has 1 unspecified atom stereocenters. The second kappa shape index (κ2) is 20.9. The van der Waals surface area contributed by atoms with Crippen molar-refractivity contribution in [2.24, 2.45) is 5.92 Å². The summed E-state index contributed by atoms with van der Waals surface area (Å²) in [6, 6.07) is 16.8.